The highest BCUT2D eigenvalue weighted by molar-refractivity contribution is 9.10. The minimum Gasteiger partial charge on any atom is -0.271 e. The molecule has 112 valence electrons. The van der Waals surface area contributed by atoms with Gasteiger partial charge in [0.15, 0.2) is 11.6 Å². The van der Waals surface area contributed by atoms with Crippen LogP contribution in [-0.2, 0) is 12.8 Å². The van der Waals surface area contributed by atoms with Crippen LogP contribution in [0.4, 0.5) is 8.78 Å². The Hall–Kier alpha value is -1.01. The molecule has 2 aromatic carbocycles. The average molecular weight is 376 g/mol. The lowest BCUT2D eigenvalue weighted by molar-refractivity contribution is 0.498. The summed E-state index contributed by atoms with van der Waals surface area (Å²) in [7, 11) is 0. The van der Waals surface area contributed by atoms with E-state index in [2.05, 4.69) is 21.4 Å². The van der Waals surface area contributed by atoms with Crippen molar-refractivity contribution in [1.29, 1.82) is 0 Å². The van der Waals surface area contributed by atoms with Crippen molar-refractivity contribution in [2.24, 2.45) is 5.84 Å². The molecule has 0 amide bonds. The second-order valence-corrected chi connectivity index (χ2v) is 6.08. The molecule has 2 aromatic rings. The molecule has 0 aromatic heterocycles. The van der Waals surface area contributed by atoms with E-state index in [1.165, 1.54) is 6.07 Å². The van der Waals surface area contributed by atoms with Crippen LogP contribution in [0.2, 0.25) is 5.02 Å². The molecule has 0 spiro atoms. The van der Waals surface area contributed by atoms with Crippen LogP contribution in [0.25, 0.3) is 0 Å². The lowest BCUT2D eigenvalue weighted by atomic mass is 9.99. The van der Waals surface area contributed by atoms with E-state index in [4.69, 9.17) is 17.4 Å². The fraction of sp³-hybridized carbons (Fsp3) is 0.200. The third-order valence-electron chi connectivity index (χ3n) is 3.18. The van der Waals surface area contributed by atoms with E-state index < -0.39 is 11.6 Å². The number of rotatable bonds is 5. The Labute approximate surface area is 135 Å². The van der Waals surface area contributed by atoms with Crippen LogP contribution in [0.3, 0.4) is 0 Å². The van der Waals surface area contributed by atoms with Gasteiger partial charge in [0.25, 0.3) is 0 Å². The van der Waals surface area contributed by atoms with Gasteiger partial charge in [0, 0.05) is 15.5 Å². The van der Waals surface area contributed by atoms with E-state index >= 15 is 0 Å². The topological polar surface area (TPSA) is 38.0 Å². The lowest BCUT2D eigenvalue weighted by Crippen LogP contribution is -2.38. The molecule has 2 nitrogen and oxygen atoms in total. The second-order valence-electron chi connectivity index (χ2n) is 4.76. The van der Waals surface area contributed by atoms with Crippen molar-refractivity contribution in [1.82, 2.24) is 5.43 Å². The first-order chi connectivity index (χ1) is 9.99. The average Bonchev–Trinajstić information content (AvgIpc) is 2.44. The quantitative estimate of drug-likeness (QED) is 0.612. The van der Waals surface area contributed by atoms with Gasteiger partial charge >= 0.3 is 0 Å². The predicted octanol–water partition coefficient (Wildman–Crippen LogP) is 4.00. The van der Waals surface area contributed by atoms with Gasteiger partial charge in [-0.15, -0.1) is 0 Å². The van der Waals surface area contributed by atoms with Crippen LogP contribution >= 0.6 is 27.5 Å². The molecule has 0 saturated heterocycles. The van der Waals surface area contributed by atoms with E-state index in [0.29, 0.717) is 23.4 Å². The molecule has 3 N–H and O–H groups in total. The highest BCUT2D eigenvalue weighted by atomic mass is 79.9. The van der Waals surface area contributed by atoms with Gasteiger partial charge in [-0.05, 0) is 48.2 Å². The maximum atomic E-state index is 13.2. The molecule has 0 aliphatic rings. The maximum absolute atomic E-state index is 13.2. The Morgan fingerprint density at radius 3 is 2.48 bits per heavy atom. The third-order valence-corrected chi connectivity index (χ3v) is 4.03. The van der Waals surface area contributed by atoms with Crippen LogP contribution in [0.1, 0.15) is 11.1 Å². The second kappa shape index (κ2) is 7.31. The fourth-order valence-corrected chi connectivity index (χ4v) is 2.84. The Balaban J connectivity index is 2.10. The highest BCUT2D eigenvalue weighted by Gasteiger charge is 2.13. The standard InChI is InChI=1S/C15H14BrClF2N2/c16-11-3-2-10(13(17)8-11)7-12(21-20)5-9-1-4-14(18)15(19)6-9/h1-4,6,8,12,21H,5,7,20H2. The molecule has 1 unspecified atom stereocenters. The van der Waals surface area contributed by atoms with Crippen LogP contribution in [-0.4, -0.2) is 6.04 Å². The van der Waals surface area contributed by atoms with Crippen LogP contribution in [0.15, 0.2) is 40.9 Å². The Morgan fingerprint density at radius 1 is 1.10 bits per heavy atom. The van der Waals surface area contributed by atoms with Gasteiger partial charge < -0.3 is 0 Å². The zero-order chi connectivity index (χ0) is 15.4. The monoisotopic (exact) mass is 374 g/mol. The maximum Gasteiger partial charge on any atom is 0.159 e. The molecular weight excluding hydrogens is 362 g/mol. The van der Waals surface area contributed by atoms with Gasteiger partial charge in [0.2, 0.25) is 0 Å². The van der Waals surface area contributed by atoms with Crippen LogP contribution in [0.5, 0.6) is 0 Å². The number of hydrazine groups is 1. The fourth-order valence-electron chi connectivity index (χ4n) is 2.09. The van der Waals surface area contributed by atoms with Crippen molar-refractivity contribution >= 4 is 27.5 Å². The number of benzene rings is 2. The van der Waals surface area contributed by atoms with Crippen LogP contribution < -0.4 is 11.3 Å². The Kier molecular flexibility index (Phi) is 5.70. The minimum atomic E-state index is -0.857. The van der Waals surface area contributed by atoms with Crippen molar-refractivity contribution in [3.05, 3.63) is 68.7 Å². The zero-order valence-corrected chi connectivity index (χ0v) is 13.4. The number of halogens is 4. The molecule has 0 radical (unpaired) electrons. The Bertz CT molecular complexity index is 637. The van der Waals surface area contributed by atoms with Gasteiger partial charge in [-0.25, -0.2) is 8.78 Å². The first-order valence-corrected chi connectivity index (χ1v) is 7.50. The predicted molar refractivity (Wildman–Crippen MR) is 84.0 cm³/mol. The van der Waals surface area contributed by atoms with Gasteiger partial charge in [-0.2, -0.15) is 0 Å². The summed E-state index contributed by atoms with van der Waals surface area (Å²) in [5.74, 6) is 3.84. The summed E-state index contributed by atoms with van der Waals surface area (Å²) >= 11 is 9.52. The number of hydrogen-bond acceptors (Lipinski definition) is 2. The van der Waals surface area contributed by atoms with Gasteiger partial charge in [0.1, 0.15) is 0 Å². The SMILES string of the molecule is NNC(Cc1ccc(F)c(F)c1)Cc1ccc(Br)cc1Cl. The zero-order valence-electron chi connectivity index (χ0n) is 11.0. The smallest absolute Gasteiger partial charge is 0.159 e. The number of nitrogens with two attached hydrogens (primary N) is 1. The largest absolute Gasteiger partial charge is 0.271 e. The lowest BCUT2D eigenvalue weighted by Gasteiger charge is -2.17. The van der Waals surface area contributed by atoms with E-state index in [-0.39, 0.29) is 6.04 Å². The van der Waals surface area contributed by atoms with Crippen molar-refractivity contribution in [3.63, 3.8) is 0 Å². The highest BCUT2D eigenvalue weighted by Crippen LogP contribution is 2.23. The molecule has 0 aliphatic carbocycles. The molecule has 0 bridgehead atoms. The number of nitrogens with one attached hydrogen (secondary N) is 1. The van der Waals surface area contributed by atoms with E-state index in [0.717, 1.165) is 16.1 Å². The molecular formula is C15H14BrClF2N2. The molecule has 0 heterocycles. The molecule has 6 heteroatoms. The van der Waals surface area contributed by atoms with E-state index in [9.17, 15) is 8.78 Å². The third kappa shape index (κ3) is 4.48. The molecule has 0 fully saturated rings. The van der Waals surface area contributed by atoms with Crippen LogP contribution in [0, 0.1) is 11.6 Å². The molecule has 0 aliphatic heterocycles. The first kappa shape index (κ1) is 16.4. The molecule has 0 saturated carbocycles. The summed E-state index contributed by atoms with van der Waals surface area (Å²) in [5, 5.41) is 0.634. The molecule has 21 heavy (non-hydrogen) atoms. The van der Waals surface area contributed by atoms with Crippen molar-refractivity contribution in [2.45, 2.75) is 18.9 Å². The summed E-state index contributed by atoms with van der Waals surface area (Å²) in [6, 6.07) is 9.32. The summed E-state index contributed by atoms with van der Waals surface area (Å²) < 4.78 is 27.0. The van der Waals surface area contributed by atoms with E-state index in [1.54, 1.807) is 6.07 Å². The van der Waals surface area contributed by atoms with Crippen molar-refractivity contribution in [2.75, 3.05) is 0 Å². The molecule has 2 rings (SSSR count). The summed E-state index contributed by atoms with van der Waals surface area (Å²) in [5.41, 5.74) is 4.30. The van der Waals surface area contributed by atoms with Crippen molar-refractivity contribution < 1.29 is 8.78 Å². The summed E-state index contributed by atoms with van der Waals surface area (Å²) in [6.45, 7) is 0. The minimum absolute atomic E-state index is 0.131. The first-order valence-electron chi connectivity index (χ1n) is 6.33. The summed E-state index contributed by atoms with van der Waals surface area (Å²) in [4.78, 5) is 0. The van der Waals surface area contributed by atoms with Gasteiger partial charge in [-0.1, -0.05) is 39.7 Å². The normalized spacial score (nSPS) is 12.4. The molecule has 1 atom stereocenters. The van der Waals surface area contributed by atoms with Gasteiger partial charge in [0.05, 0.1) is 0 Å². The summed E-state index contributed by atoms with van der Waals surface area (Å²) in [6.07, 6.45) is 1.06. The van der Waals surface area contributed by atoms with Crippen molar-refractivity contribution in [3.8, 4) is 0 Å². The number of hydrogen-bond donors (Lipinski definition) is 2. The van der Waals surface area contributed by atoms with E-state index in [1.807, 2.05) is 18.2 Å². The Morgan fingerprint density at radius 2 is 1.86 bits per heavy atom. The van der Waals surface area contributed by atoms with Gasteiger partial charge in [-0.3, -0.25) is 11.3 Å².